The number of nitrogens with zero attached hydrogens (tertiary/aromatic N) is 1. The third-order valence-electron chi connectivity index (χ3n) is 4.14. The summed E-state index contributed by atoms with van der Waals surface area (Å²) in [5, 5.41) is 2.90. The van der Waals surface area contributed by atoms with E-state index in [-0.39, 0.29) is 24.2 Å². The number of ketones is 1. The van der Waals surface area contributed by atoms with Gasteiger partial charge in [-0.15, -0.1) is 0 Å². The lowest BCUT2D eigenvalue weighted by Gasteiger charge is -2.18. The Balaban J connectivity index is 2.17. The minimum atomic E-state index is -2.55. The first-order valence-electron chi connectivity index (χ1n) is 8.95. The van der Waals surface area contributed by atoms with Gasteiger partial charge < -0.3 is 10.1 Å². The number of amides is 1. The van der Waals surface area contributed by atoms with Crippen LogP contribution in [0.4, 0.5) is 8.78 Å². The van der Waals surface area contributed by atoms with Gasteiger partial charge in [0.2, 0.25) is 0 Å². The molecule has 1 aromatic heterocycles. The van der Waals surface area contributed by atoms with Crippen molar-refractivity contribution in [3.63, 3.8) is 0 Å². The first-order valence-corrected chi connectivity index (χ1v) is 8.95. The van der Waals surface area contributed by atoms with Crippen LogP contribution in [-0.2, 0) is 11.2 Å². The number of Topliss-reactive ketones (excluding diaryl/α,β-unsaturated/α-hetero) is 1. The van der Waals surface area contributed by atoms with E-state index >= 15 is 0 Å². The Labute approximate surface area is 163 Å². The van der Waals surface area contributed by atoms with E-state index in [9.17, 15) is 18.4 Å². The van der Waals surface area contributed by atoms with Crippen LogP contribution in [0.5, 0.6) is 5.75 Å². The Hall–Kier alpha value is -2.83. The molecule has 1 atom stereocenters. The lowest BCUT2D eigenvalue weighted by molar-refractivity contribution is -0.116. The highest BCUT2D eigenvalue weighted by Gasteiger charge is 2.16. The number of carbonyl (C=O) groups is 2. The van der Waals surface area contributed by atoms with Crippen molar-refractivity contribution in [2.24, 2.45) is 0 Å². The lowest BCUT2D eigenvalue weighted by atomic mass is 10.0. The molecule has 1 N–H and O–H groups in total. The fourth-order valence-electron chi connectivity index (χ4n) is 2.91. The topological polar surface area (TPSA) is 68.3 Å². The van der Waals surface area contributed by atoms with Crippen LogP contribution in [0.2, 0.25) is 0 Å². The van der Waals surface area contributed by atoms with Crippen LogP contribution in [0.15, 0.2) is 30.3 Å². The number of aryl methyl sites for hydroxylation is 2. The van der Waals surface area contributed by atoms with Gasteiger partial charge in [0.1, 0.15) is 18.1 Å². The summed E-state index contributed by atoms with van der Waals surface area (Å²) in [4.78, 5) is 28.3. The van der Waals surface area contributed by atoms with Crippen molar-refractivity contribution < 1.29 is 23.1 Å². The molecule has 1 aromatic carbocycles. The summed E-state index contributed by atoms with van der Waals surface area (Å²) >= 11 is 0. The van der Waals surface area contributed by atoms with E-state index in [1.807, 2.05) is 13.8 Å². The molecule has 0 saturated carbocycles. The Bertz CT molecular complexity index is 869. The second-order valence-electron chi connectivity index (χ2n) is 6.78. The summed E-state index contributed by atoms with van der Waals surface area (Å²) in [5.41, 5.74) is 3.28. The zero-order chi connectivity index (χ0) is 20.8. The molecule has 2 rings (SSSR count). The molecule has 150 valence electrons. The number of hydrogen-bond acceptors (Lipinski definition) is 4. The van der Waals surface area contributed by atoms with Crippen LogP contribution in [-0.4, -0.2) is 29.7 Å². The fraction of sp³-hybridized carbons (Fsp3) is 0.381. The molecule has 1 unspecified atom stereocenters. The number of hydrogen-bond donors (Lipinski definition) is 1. The number of carbonyl (C=O) groups excluding carboxylic acids is 2. The van der Waals surface area contributed by atoms with Crippen molar-refractivity contribution in [1.82, 2.24) is 10.3 Å². The van der Waals surface area contributed by atoms with Crippen molar-refractivity contribution in [3.8, 4) is 5.75 Å². The third kappa shape index (κ3) is 6.11. The van der Waals surface area contributed by atoms with Crippen LogP contribution in [0, 0.1) is 13.8 Å². The first-order chi connectivity index (χ1) is 13.2. The summed E-state index contributed by atoms with van der Waals surface area (Å²) in [5.74, 6) is -0.0133. The van der Waals surface area contributed by atoms with Crippen molar-refractivity contribution >= 4 is 11.7 Å². The quantitative estimate of drug-likeness (QED) is 0.741. The van der Waals surface area contributed by atoms with E-state index in [0.717, 1.165) is 11.1 Å². The monoisotopic (exact) mass is 390 g/mol. The van der Waals surface area contributed by atoms with E-state index in [2.05, 4.69) is 10.3 Å². The van der Waals surface area contributed by atoms with E-state index in [1.165, 1.54) is 6.92 Å². The number of rotatable bonds is 8. The smallest absolute Gasteiger partial charge is 0.272 e. The van der Waals surface area contributed by atoms with Crippen LogP contribution in [0.25, 0.3) is 0 Å². The van der Waals surface area contributed by atoms with E-state index in [1.54, 1.807) is 37.3 Å². The van der Waals surface area contributed by atoms with Crippen LogP contribution in [0.1, 0.15) is 52.8 Å². The zero-order valence-electron chi connectivity index (χ0n) is 16.4. The fourth-order valence-corrected chi connectivity index (χ4v) is 2.91. The van der Waals surface area contributed by atoms with Gasteiger partial charge in [0, 0.05) is 23.4 Å². The molecular weight excluding hydrogens is 366 g/mol. The predicted molar refractivity (Wildman–Crippen MR) is 102 cm³/mol. The third-order valence-corrected chi connectivity index (χ3v) is 4.14. The van der Waals surface area contributed by atoms with Gasteiger partial charge in [0.05, 0.1) is 6.04 Å². The predicted octanol–water partition coefficient (Wildman–Crippen LogP) is 3.96. The van der Waals surface area contributed by atoms with Gasteiger partial charge in [-0.2, -0.15) is 0 Å². The number of benzene rings is 1. The number of ether oxygens (including phenoxy) is 1. The maximum Gasteiger partial charge on any atom is 0.272 e. The Morgan fingerprint density at radius 1 is 1.18 bits per heavy atom. The molecule has 1 heterocycles. The average molecular weight is 390 g/mol. The van der Waals surface area contributed by atoms with Crippen LogP contribution in [0.3, 0.4) is 0 Å². The summed E-state index contributed by atoms with van der Waals surface area (Å²) in [6.45, 7) is 6.23. The molecule has 0 bridgehead atoms. The number of halogens is 2. The van der Waals surface area contributed by atoms with E-state index in [4.69, 9.17) is 4.74 Å². The van der Waals surface area contributed by atoms with Crippen molar-refractivity contribution in [3.05, 3.63) is 58.4 Å². The number of pyridine rings is 1. The van der Waals surface area contributed by atoms with Gasteiger partial charge >= 0.3 is 0 Å². The molecule has 1 amide bonds. The maximum absolute atomic E-state index is 12.7. The Morgan fingerprint density at radius 3 is 2.54 bits per heavy atom. The van der Waals surface area contributed by atoms with Crippen LogP contribution < -0.4 is 10.1 Å². The molecule has 0 spiro atoms. The van der Waals surface area contributed by atoms with Gasteiger partial charge in [0.25, 0.3) is 12.3 Å². The Morgan fingerprint density at radius 2 is 1.89 bits per heavy atom. The Kier molecular flexibility index (Phi) is 7.20. The molecule has 0 radical (unpaired) electrons. The molecule has 0 aliphatic carbocycles. The normalized spacial score (nSPS) is 12.0. The molecule has 28 heavy (non-hydrogen) atoms. The van der Waals surface area contributed by atoms with E-state index in [0.29, 0.717) is 22.7 Å². The minimum Gasteiger partial charge on any atom is -0.488 e. The zero-order valence-corrected chi connectivity index (χ0v) is 16.4. The molecule has 5 nitrogen and oxygen atoms in total. The summed E-state index contributed by atoms with van der Waals surface area (Å²) in [6.07, 6.45) is -2.39. The van der Waals surface area contributed by atoms with Gasteiger partial charge in [-0.1, -0.05) is 6.07 Å². The SMILES string of the molecule is CC(=O)Cc1cc(C(=O)NC(C)c2cc(OCC(F)F)ccc2C)cc(C)n1. The standard InChI is InChI=1S/C21H24F2N2O3/c1-12-5-6-18(28-11-20(22)23)10-19(12)15(4)25-21(27)16-7-13(2)24-17(9-16)8-14(3)26/h5-7,9-10,15,20H,8,11H2,1-4H3,(H,25,27). The number of alkyl halides is 2. The molecule has 0 fully saturated rings. The minimum absolute atomic E-state index is 0.0333. The first kappa shape index (κ1) is 21.5. The second-order valence-corrected chi connectivity index (χ2v) is 6.78. The van der Waals surface area contributed by atoms with Gasteiger partial charge in [-0.25, -0.2) is 8.78 Å². The molecule has 0 aliphatic heterocycles. The summed E-state index contributed by atoms with van der Waals surface area (Å²) in [7, 11) is 0. The second kappa shape index (κ2) is 9.39. The highest BCUT2D eigenvalue weighted by molar-refractivity contribution is 5.95. The van der Waals surface area contributed by atoms with Gasteiger partial charge in [-0.3, -0.25) is 14.6 Å². The van der Waals surface area contributed by atoms with Crippen molar-refractivity contribution in [2.45, 2.75) is 46.6 Å². The van der Waals surface area contributed by atoms with Gasteiger partial charge in [0.15, 0.2) is 0 Å². The molecule has 0 aliphatic rings. The lowest BCUT2D eigenvalue weighted by Crippen LogP contribution is -2.27. The van der Waals surface area contributed by atoms with Crippen molar-refractivity contribution in [1.29, 1.82) is 0 Å². The molecule has 2 aromatic rings. The highest BCUT2D eigenvalue weighted by atomic mass is 19.3. The molecular formula is C21H24F2N2O3. The molecule has 0 saturated heterocycles. The van der Waals surface area contributed by atoms with Crippen molar-refractivity contribution in [2.75, 3.05) is 6.61 Å². The van der Waals surface area contributed by atoms with Gasteiger partial charge in [-0.05, 0) is 63.1 Å². The molecule has 7 heteroatoms. The highest BCUT2D eigenvalue weighted by Crippen LogP contribution is 2.24. The number of nitrogens with one attached hydrogen (secondary N) is 1. The summed E-state index contributed by atoms with van der Waals surface area (Å²) < 4.78 is 29.8. The van der Waals surface area contributed by atoms with E-state index < -0.39 is 13.0 Å². The largest absolute Gasteiger partial charge is 0.488 e. The maximum atomic E-state index is 12.7. The summed E-state index contributed by atoms with van der Waals surface area (Å²) in [6, 6.07) is 7.93. The number of aromatic nitrogens is 1. The van der Waals surface area contributed by atoms with Crippen LogP contribution >= 0.6 is 0 Å². The average Bonchev–Trinajstić information content (AvgIpc) is 2.59.